The van der Waals surface area contributed by atoms with Crippen molar-refractivity contribution in [1.29, 1.82) is 0 Å². The van der Waals surface area contributed by atoms with Crippen LogP contribution in [0.1, 0.15) is 49.0 Å². The topological polar surface area (TPSA) is 93.7 Å². The number of benzene rings is 1. The number of piperazine rings is 1. The lowest BCUT2D eigenvalue weighted by Gasteiger charge is -2.44. The Morgan fingerprint density at radius 1 is 0.974 bits per heavy atom. The van der Waals surface area contributed by atoms with Crippen molar-refractivity contribution in [2.45, 2.75) is 51.7 Å². The van der Waals surface area contributed by atoms with Crippen LogP contribution in [0.3, 0.4) is 0 Å². The summed E-state index contributed by atoms with van der Waals surface area (Å²) in [6.45, 7) is 8.53. The smallest absolute Gasteiger partial charge is 0.318 e. The van der Waals surface area contributed by atoms with Crippen LogP contribution in [0.2, 0.25) is 0 Å². The molecule has 3 heterocycles. The Morgan fingerprint density at radius 2 is 1.63 bits per heavy atom. The molecule has 2 N–H and O–H groups in total. The van der Waals surface area contributed by atoms with Crippen molar-refractivity contribution < 1.29 is 14.0 Å². The molecule has 0 unspecified atom stereocenters. The predicted octanol–water partition coefficient (Wildman–Crippen LogP) is 3.09. The highest BCUT2D eigenvalue weighted by atomic mass is 19.1. The maximum absolute atomic E-state index is 13.1. The van der Waals surface area contributed by atoms with Gasteiger partial charge in [0.15, 0.2) is 0 Å². The number of nitrogens with one attached hydrogen (secondary N) is 2. The number of rotatable bonds is 9. The molecule has 10 heteroatoms. The van der Waals surface area contributed by atoms with Gasteiger partial charge in [0.25, 0.3) is 5.91 Å². The third-order valence-corrected chi connectivity index (χ3v) is 7.50. The van der Waals surface area contributed by atoms with Crippen molar-refractivity contribution in [3.05, 3.63) is 53.9 Å². The SMILES string of the molecule is C[C@@H]1CN(c2ncc(C(=O)NCCF)cn2)C[C@H](C)N1C(=O)NCCC1CCN(Cc2ccccc2)CC1. The molecule has 4 rings (SSSR count). The molecule has 38 heavy (non-hydrogen) atoms. The zero-order valence-electron chi connectivity index (χ0n) is 22.5. The van der Waals surface area contributed by atoms with E-state index in [1.165, 1.54) is 30.8 Å². The summed E-state index contributed by atoms with van der Waals surface area (Å²) >= 11 is 0. The van der Waals surface area contributed by atoms with Crippen LogP contribution in [0.5, 0.6) is 0 Å². The van der Waals surface area contributed by atoms with Crippen molar-refractivity contribution in [3.63, 3.8) is 0 Å². The summed E-state index contributed by atoms with van der Waals surface area (Å²) < 4.78 is 12.3. The van der Waals surface area contributed by atoms with Crippen molar-refractivity contribution in [2.24, 2.45) is 5.92 Å². The lowest BCUT2D eigenvalue weighted by molar-refractivity contribution is 0.0950. The van der Waals surface area contributed by atoms with Crippen LogP contribution in [-0.4, -0.2) is 89.7 Å². The number of urea groups is 1. The second kappa shape index (κ2) is 13.5. The zero-order valence-corrected chi connectivity index (χ0v) is 22.5. The summed E-state index contributed by atoms with van der Waals surface area (Å²) in [5.74, 6) is 0.771. The maximum atomic E-state index is 13.1. The van der Waals surface area contributed by atoms with Gasteiger partial charge in [-0.1, -0.05) is 30.3 Å². The van der Waals surface area contributed by atoms with Crippen LogP contribution in [-0.2, 0) is 6.54 Å². The number of aromatic nitrogens is 2. The van der Waals surface area contributed by atoms with Gasteiger partial charge >= 0.3 is 6.03 Å². The van der Waals surface area contributed by atoms with E-state index in [1.807, 2.05) is 23.6 Å². The highest BCUT2D eigenvalue weighted by molar-refractivity contribution is 5.93. The molecular formula is C28H40FN7O2. The van der Waals surface area contributed by atoms with E-state index in [2.05, 4.69) is 55.8 Å². The van der Waals surface area contributed by atoms with Crippen LogP contribution < -0.4 is 15.5 Å². The van der Waals surface area contributed by atoms with Gasteiger partial charge in [-0.2, -0.15) is 0 Å². The Morgan fingerprint density at radius 3 is 2.26 bits per heavy atom. The summed E-state index contributed by atoms with van der Waals surface area (Å²) in [5, 5.41) is 5.62. The first-order valence-electron chi connectivity index (χ1n) is 13.7. The van der Waals surface area contributed by atoms with Gasteiger partial charge in [0, 0.05) is 57.2 Å². The van der Waals surface area contributed by atoms with Crippen LogP contribution in [0.4, 0.5) is 15.1 Å². The molecule has 0 radical (unpaired) electrons. The van der Waals surface area contributed by atoms with Gasteiger partial charge in [-0.25, -0.2) is 19.2 Å². The molecular weight excluding hydrogens is 485 g/mol. The second-order valence-corrected chi connectivity index (χ2v) is 10.5. The minimum absolute atomic E-state index is 0.0175. The molecule has 0 spiro atoms. The Kier molecular flexibility index (Phi) is 9.86. The van der Waals surface area contributed by atoms with Crippen LogP contribution in [0.15, 0.2) is 42.7 Å². The van der Waals surface area contributed by atoms with Gasteiger partial charge in [0.2, 0.25) is 5.95 Å². The van der Waals surface area contributed by atoms with E-state index in [0.29, 0.717) is 37.1 Å². The molecule has 2 aliphatic rings. The number of amides is 3. The Balaban J connectivity index is 1.19. The third kappa shape index (κ3) is 7.40. The minimum Gasteiger partial charge on any atom is -0.349 e. The molecule has 0 bridgehead atoms. The first kappa shape index (κ1) is 27.8. The number of piperidine rings is 1. The highest BCUT2D eigenvalue weighted by Crippen LogP contribution is 2.22. The number of carbonyl (C=O) groups excluding carboxylic acids is 2. The van der Waals surface area contributed by atoms with E-state index in [4.69, 9.17) is 0 Å². The van der Waals surface area contributed by atoms with Gasteiger partial charge in [-0.3, -0.25) is 9.69 Å². The molecule has 1 aromatic carbocycles. The van der Waals surface area contributed by atoms with Gasteiger partial charge in [0.05, 0.1) is 5.56 Å². The molecule has 3 amide bonds. The van der Waals surface area contributed by atoms with Gasteiger partial charge < -0.3 is 20.4 Å². The minimum atomic E-state index is -0.618. The Hall–Kier alpha value is -3.27. The van der Waals surface area contributed by atoms with Crippen molar-refractivity contribution in [3.8, 4) is 0 Å². The zero-order chi connectivity index (χ0) is 26.9. The number of hydrogen-bond acceptors (Lipinski definition) is 6. The molecule has 2 fully saturated rings. The largest absolute Gasteiger partial charge is 0.349 e. The van der Waals surface area contributed by atoms with E-state index in [0.717, 1.165) is 26.1 Å². The van der Waals surface area contributed by atoms with Gasteiger partial charge in [-0.05, 0) is 57.7 Å². The van der Waals surface area contributed by atoms with Crippen LogP contribution in [0, 0.1) is 5.92 Å². The fraction of sp³-hybridized carbons (Fsp3) is 0.571. The summed E-state index contributed by atoms with van der Waals surface area (Å²) in [4.78, 5) is 40.2. The third-order valence-electron chi connectivity index (χ3n) is 7.50. The molecule has 1 aromatic heterocycles. The van der Waals surface area contributed by atoms with Gasteiger partial charge in [0.1, 0.15) is 6.67 Å². The number of alkyl halides is 1. The molecule has 2 atom stereocenters. The van der Waals surface area contributed by atoms with E-state index >= 15 is 0 Å². The number of likely N-dealkylation sites (tertiary alicyclic amines) is 1. The standard InChI is InChI=1S/C28H40FN7O2/c1-21-18-35(27-32-16-25(17-33-27)26(37)30-13-11-29)19-22(2)36(21)28(38)31-12-8-23-9-14-34(15-10-23)20-24-6-4-3-5-7-24/h3-7,16-17,21-23H,8-15,18-20H2,1-2H3,(H,30,37)(H,31,38)/t21-,22+. The summed E-state index contributed by atoms with van der Waals surface area (Å²) in [5.41, 5.74) is 1.66. The average Bonchev–Trinajstić information content (AvgIpc) is 2.93. The molecule has 206 valence electrons. The van der Waals surface area contributed by atoms with Crippen LogP contribution >= 0.6 is 0 Å². The highest BCUT2D eigenvalue weighted by Gasteiger charge is 2.34. The number of halogens is 1. The van der Waals surface area contributed by atoms with E-state index < -0.39 is 12.6 Å². The quantitative estimate of drug-likeness (QED) is 0.523. The molecule has 0 saturated carbocycles. The van der Waals surface area contributed by atoms with Crippen molar-refractivity contribution in [2.75, 3.05) is 50.8 Å². The molecule has 0 aliphatic carbocycles. The summed E-state index contributed by atoms with van der Waals surface area (Å²) in [6.07, 6.45) is 6.26. The fourth-order valence-electron chi connectivity index (χ4n) is 5.50. The summed E-state index contributed by atoms with van der Waals surface area (Å²) in [6, 6.07) is 10.6. The van der Waals surface area contributed by atoms with E-state index in [1.54, 1.807) is 0 Å². The molecule has 2 aliphatic heterocycles. The lowest BCUT2D eigenvalue weighted by Crippen LogP contribution is -2.61. The van der Waals surface area contributed by atoms with E-state index in [9.17, 15) is 14.0 Å². The number of hydrogen-bond donors (Lipinski definition) is 2. The maximum Gasteiger partial charge on any atom is 0.318 e. The average molecular weight is 526 g/mol. The normalized spacial score (nSPS) is 20.8. The lowest BCUT2D eigenvalue weighted by atomic mass is 9.93. The monoisotopic (exact) mass is 525 g/mol. The first-order valence-corrected chi connectivity index (χ1v) is 13.7. The van der Waals surface area contributed by atoms with Crippen molar-refractivity contribution >= 4 is 17.9 Å². The first-order chi connectivity index (χ1) is 18.4. The Labute approximate surface area is 224 Å². The number of carbonyl (C=O) groups is 2. The Bertz CT molecular complexity index is 1020. The predicted molar refractivity (Wildman–Crippen MR) is 146 cm³/mol. The second-order valence-electron chi connectivity index (χ2n) is 10.5. The molecule has 2 saturated heterocycles. The van der Waals surface area contributed by atoms with Crippen LogP contribution in [0.25, 0.3) is 0 Å². The van der Waals surface area contributed by atoms with Gasteiger partial charge in [-0.15, -0.1) is 0 Å². The molecule has 2 aromatic rings. The number of anilines is 1. The van der Waals surface area contributed by atoms with Crippen molar-refractivity contribution in [1.82, 2.24) is 30.4 Å². The summed E-state index contributed by atoms with van der Waals surface area (Å²) in [7, 11) is 0. The fourth-order valence-corrected chi connectivity index (χ4v) is 5.50. The van der Waals surface area contributed by atoms with E-state index in [-0.39, 0.29) is 24.7 Å². The molecule has 9 nitrogen and oxygen atoms in total. The number of nitrogens with zero attached hydrogens (tertiary/aromatic N) is 5.